The van der Waals surface area contributed by atoms with Crippen molar-refractivity contribution in [2.45, 2.75) is 6.92 Å². The summed E-state index contributed by atoms with van der Waals surface area (Å²) in [7, 11) is 0. The van der Waals surface area contributed by atoms with E-state index in [1.807, 2.05) is 17.9 Å². The molecule has 0 saturated carbocycles. The molecule has 122 valence electrons. The van der Waals surface area contributed by atoms with Gasteiger partial charge in [0.25, 0.3) is 5.91 Å². The van der Waals surface area contributed by atoms with Crippen LogP contribution in [0.25, 0.3) is 5.65 Å². The fraction of sp³-hybridized carbons (Fsp3) is 0.312. The molecule has 3 aromatic rings. The number of fused-ring (bicyclic) bond motifs is 1. The maximum atomic E-state index is 12.6. The largest absolute Gasteiger partial charge is 0.353 e. The minimum atomic E-state index is -0.0565. The molecular weight excluding hydrogens is 306 g/mol. The van der Waals surface area contributed by atoms with Gasteiger partial charge in [0, 0.05) is 50.8 Å². The van der Waals surface area contributed by atoms with Crippen molar-refractivity contribution in [3.63, 3.8) is 0 Å². The zero-order chi connectivity index (χ0) is 16.5. The van der Waals surface area contributed by atoms with Gasteiger partial charge in [0.1, 0.15) is 11.6 Å². The molecule has 1 aliphatic rings. The Kier molecular flexibility index (Phi) is 3.56. The molecule has 0 aromatic carbocycles. The third kappa shape index (κ3) is 2.66. The first-order valence-corrected chi connectivity index (χ1v) is 7.85. The number of carbonyl (C=O) groups is 1. The lowest BCUT2D eigenvalue weighted by Crippen LogP contribution is -2.49. The SMILES string of the molecule is Cc1nccc(N2CCN(C(=O)c3cc4ncccn4n3)CC2)n1. The van der Waals surface area contributed by atoms with Crippen LogP contribution in [0, 0.1) is 6.92 Å². The van der Waals surface area contributed by atoms with Gasteiger partial charge in [0.15, 0.2) is 11.3 Å². The number of carbonyl (C=O) groups excluding carboxylic acids is 1. The molecule has 1 saturated heterocycles. The Balaban J connectivity index is 1.46. The van der Waals surface area contributed by atoms with Crippen LogP contribution >= 0.6 is 0 Å². The number of hydrogen-bond acceptors (Lipinski definition) is 6. The first kappa shape index (κ1) is 14.6. The topological polar surface area (TPSA) is 79.5 Å². The Hall–Kier alpha value is -3.03. The first-order chi connectivity index (χ1) is 11.7. The molecule has 1 amide bonds. The van der Waals surface area contributed by atoms with Gasteiger partial charge in [-0.3, -0.25) is 4.79 Å². The Morgan fingerprint density at radius 2 is 1.96 bits per heavy atom. The van der Waals surface area contributed by atoms with E-state index in [1.165, 1.54) is 0 Å². The molecule has 1 aliphatic heterocycles. The van der Waals surface area contributed by atoms with E-state index in [-0.39, 0.29) is 5.91 Å². The zero-order valence-electron chi connectivity index (χ0n) is 13.3. The van der Waals surface area contributed by atoms with Crippen LogP contribution in [0.15, 0.2) is 36.8 Å². The van der Waals surface area contributed by atoms with Crippen LogP contribution in [0.1, 0.15) is 16.3 Å². The summed E-state index contributed by atoms with van der Waals surface area (Å²) >= 11 is 0. The second kappa shape index (κ2) is 5.88. The number of piperazine rings is 1. The predicted molar refractivity (Wildman–Crippen MR) is 87.9 cm³/mol. The number of nitrogens with zero attached hydrogens (tertiary/aromatic N) is 7. The number of anilines is 1. The number of rotatable bonds is 2. The van der Waals surface area contributed by atoms with E-state index in [4.69, 9.17) is 0 Å². The van der Waals surface area contributed by atoms with Gasteiger partial charge in [0.2, 0.25) is 0 Å². The van der Waals surface area contributed by atoms with E-state index in [2.05, 4.69) is 25.0 Å². The zero-order valence-corrected chi connectivity index (χ0v) is 13.3. The molecule has 0 spiro atoms. The highest BCUT2D eigenvalue weighted by molar-refractivity contribution is 5.93. The van der Waals surface area contributed by atoms with E-state index < -0.39 is 0 Å². The highest BCUT2D eigenvalue weighted by atomic mass is 16.2. The quantitative estimate of drug-likeness (QED) is 0.694. The maximum absolute atomic E-state index is 12.6. The second-order valence-electron chi connectivity index (χ2n) is 5.69. The third-order valence-electron chi connectivity index (χ3n) is 4.11. The lowest BCUT2D eigenvalue weighted by molar-refractivity contribution is 0.0740. The summed E-state index contributed by atoms with van der Waals surface area (Å²) in [6.07, 6.45) is 5.24. The van der Waals surface area contributed by atoms with Crippen LogP contribution in [0.2, 0.25) is 0 Å². The van der Waals surface area contributed by atoms with E-state index in [9.17, 15) is 4.79 Å². The van der Waals surface area contributed by atoms with E-state index in [1.54, 1.807) is 35.2 Å². The molecule has 0 N–H and O–H groups in total. The van der Waals surface area contributed by atoms with Crippen LogP contribution in [0.3, 0.4) is 0 Å². The van der Waals surface area contributed by atoms with Gasteiger partial charge in [-0.1, -0.05) is 0 Å². The Bertz CT molecular complexity index is 850. The minimum absolute atomic E-state index is 0.0565. The van der Waals surface area contributed by atoms with Gasteiger partial charge < -0.3 is 9.80 Å². The van der Waals surface area contributed by atoms with Crippen LogP contribution in [0.4, 0.5) is 5.82 Å². The Labute approximate surface area is 138 Å². The van der Waals surface area contributed by atoms with Gasteiger partial charge in [-0.15, -0.1) is 0 Å². The molecule has 0 aliphatic carbocycles. The van der Waals surface area contributed by atoms with Gasteiger partial charge >= 0.3 is 0 Å². The lowest BCUT2D eigenvalue weighted by atomic mass is 10.2. The monoisotopic (exact) mass is 323 g/mol. The fourth-order valence-electron chi connectivity index (χ4n) is 2.86. The van der Waals surface area contributed by atoms with Gasteiger partial charge in [0.05, 0.1) is 0 Å². The van der Waals surface area contributed by atoms with Gasteiger partial charge in [-0.25, -0.2) is 19.5 Å². The second-order valence-corrected chi connectivity index (χ2v) is 5.69. The Morgan fingerprint density at radius 1 is 1.12 bits per heavy atom. The molecule has 4 heterocycles. The summed E-state index contributed by atoms with van der Waals surface area (Å²) in [6.45, 7) is 4.65. The van der Waals surface area contributed by atoms with Crippen molar-refractivity contribution in [1.29, 1.82) is 0 Å². The summed E-state index contributed by atoms with van der Waals surface area (Å²) < 4.78 is 1.62. The van der Waals surface area contributed by atoms with Crippen molar-refractivity contribution < 1.29 is 4.79 Å². The average molecular weight is 323 g/mol. The summed E-state index contributed by atoms with van der Waals surface area (Å²) in [4.78, 5) is 29.4. The molecule has 0 atom stereocenters. The molecule has 3 aromatic heterocycles. The predicted octanol–water partition coefficient (Wildman–Crippen LogP) is 0.790. The molecule has 0 bridgehead atoms. The molecule has 0 unspecified atom stereocenters. The van der Waals surface area contributed by atoms with E-state index >= 15 is 0 Å². The molecule has 8 nitrogen and oxygen atoms in total. The van der Waals surface area contributed by atoms with Crippen molar-refractivity contribution in [2.24, 2.45) is 0 Å². The van der Waals surface area contributed by atoms with E-state index in [0.29, 0.717) is 24.4 Å². The fourth-order valence-corrected chi connectivity index (χ4v) is 2.86. The summed E-state index contributed by atoms with van der Waals surface area (Å²) in [5.41, 5.74) is 1.11. The van der Waals surface area contributed by atoms with Crippen molar-refractivity contribution in [2.75, 3.05) is 31.1 Å². The van der Waals surface area contributed by atoms with Crippen LogP contribution in [-0.2, 0) is 0 Å². The molecular formula is C16H17N7O. The highest BCUT2D eigenvalue weighted by Gasteiger charge is 2.24. The normalized spacial score (nSPS) is 15.0. The Morgan fingerprint density at radius 3 is 2.71 bits per heavy atom. The average Bonchev–Trinajstić information content (AvgIpc) is 3.05. The van der Waals surface area contributed by atoms with E-state index in [0.717, 1.165) is 24.7 Å². The highest BCUT2D eigenvalue weighted by Crippen LogP contribution is 2.15. The van der Waals surface area contributed by atoms with Gasteiger partial charge in [-0.05, 0) is 19.1 Å². The van der Waals surface area contributed by atoms with Crippen molar-refractivity contribution >= 4 is 17.4 Å². The molecule has 4 rings (SSSR count). The number of hydrogen-bond donors (Lipinski definition) is 0. The minimum Gasteiger partial charge on any atom is -0.353 e. The van der Waals surface area contributed by atoms with Crippen molar-refractivity contribution in [3.8, 4) is 0 Å². The summed E-state index contributed by atoms with van der Waals surface area (Å²) in [6, 6.07) is 5.41. The summed E-state index contributed by atoms with van der Waals surface area (Å²) in [5.74, 6) is 1.61. The first-order valence-electron chi connectivity index (χ1n) is 7.85. The van der Waals surface area contributed by atoms with Gasteiger partial charge in [-0.2, -0.15) is 5.10 Å². The smallest absolute Gasteiger partial charge is 0.274 e. The standard InChI is InChI=1S/C16H17N7O/c1-12-17-5-3-14(19-12)21-7-9-22(10-8-21)16(24)13-11-15-18-4-2-6-23(15)20-13/h2-6,11H,7-10H2,1H3. The molecule has 0 radical (unpaired) electrons. The molecule has 24 heavy (non-hydrogen) atoms. The summed E-state index contributed by atoms with van der Waals surface area (Å²) in [5, 5.41) is 4.31. The van der Waals surface area contributed by atoms with Crippen LogP contribution in [-0.4, -0.2) is 61.6 Å². The number of aryl methyl sites for hydroxylation is 1. The number of amides is 1. The number of aromatic nitrogens is 5. The van der Waals surface area contributed by atoms with Crippen molar-refractivity contribution in [3.05, 3.63) is 48.3 Å². The van der Waals surface area contributed by atoms with Crippen LogP contribution < -0.4 is 4.90 Å². The molecule has 1 fully saturated rings. The molecule has 8 heteroatoms. The van der Waals surface area contributed by atoms with Crippen LogP contribution in [0.5, 0.6) is 0 Å². The van der Waals surface area contributed by atoms with Crippen molar-refractivity contribution in [1.82, 2.24) is 29.5 Å². The lowest BCUT2D eigenvalue weighted by Gasteiger charge is -2.35. The third-order valence-corrected chi connectivity index (χ3v) is 4.11. The maximum Gasteiger partial charge on any atom is 0.274 e.